The van der Waals surface area contributed by atoms with Gasteiger partial charge in [-0.1, -0.05) is 22.9 Å². The molecule has 0 aliphatic heterocycles. The minimum Gasteiger partial charge on any atom is -0.378 e. The Balaban J connectivity index is 2.35. The van der Waals surface area contributed by atoms with Gasteiger partial charge in [-0.2, -0.15) is 0 Å². The van der Waals surface area contributed by atoms with Crippen LogP contribution in [-0.2, 0) is 9.59 Å². The Morgan fingerprint density at radius 2 is 1.86 bits per heavy atom. The number of halogens is 1. The highest BCUT2D eigenvalue weighted by Crippen LogP contribution is 2.15. The number of carbonyl (C=O) groups is 2. The second-order valence-corrected chi connectivity index (χ2v) is 6.01. The van der Waals surface area contributed by atoms with Gasteiger partial charge in [0.15, 0.2) is 0 Å². The fourth-order valence-corrected chi connectivity index (χ4v) is 1.82. The van der Waals surface area contributed by atoms with Crippen LogP contribution < -0.4 is 15.5 Å². The highest BCUT2D eigenvalue weighted by Gasteiger charge is 2.12. The third-order valence-corrected chi connectivity index (χ3v) is 4.02. The van der Waals surface area contributed by atoms with Crippen LogP contribution >= 0.6 is 15.9 Å². The average molecular weight is 356 g/mol. The van der Waals surface area contributed by atoms with Gasteiger partial charge in [0.25, 0.3) is 0 Å². The quantitative estimate of drug-likeness (QED) is 0.738. The van der Waals surface area contributed by atoms with Gasteiger partial charge >= 0.3 is 0 Å². The van der Waals surface area contributed by atoms with Gasteiger partial charge in [-0.15, -0.1) is 0 Å². The van der Waals surface area contributed by atoms with Gasteiger partial charge < -0.3 is 15.5 Å². The van der Waals surface area contributed by atoms with E-state index in [0.29, 0.717) is 6.54 Å². The molecule has 21 heavy (non-hydrogen) atoms. The topological polar surface area (TPSA) is 61.4 Å². The number of alkyl halides is 1. The Hall–Kier alpha value is -1.56. The molecule has 0 heterocycles. The van der Waals surface area contributed by atoms with E-state index >= 15 is 0 Å². The van der Waals surface area contributed by atoms with Crippen molar-refractivity contribution in [3.63, 3.8) is 0 Å². The lowest BCUT2D eigenvalue weighted by Gasteiger charge is -2.13. The van der Waals surface area contributed by atoms with Crippen LogP contribution in [0, 0.1) is 0 Å². The lowest BCUT2D eigenvalue weighted by atomic mass is 10.2. The molecule has 0 aromatic heterocycles. The van der Waals surface area contributed by atoms with Crippen molar-refractivity contribution in [1.82, 2.24) is 5.32 Å². The maximum atomic E-state index is 11.8. The van der Waals surface area contributed by atoms with E-state index in [-0.39, 0.29) is 23.1 Å². The number of carbonyl (C=O) groups excluding carboxylic acids is 2. The Morgan fingerprint density at radius 3 is 2.38 bits per heavy atom. The minimum atomic E-state index is -0.195. The van der Waals surface area contributed by atoms with Crippen molar-refractivity contribution in [2.24, 2.45) is 0 Å². The molecule has 0 aliphatic carbocycles. The van der Waals surface area contributed by atoms with E-state index in [9.17, 15) is 9.59 Å². The number of nitrogens with zero attached hydrogens (tertiary/aromatic N) is 1. The number of nitrogens with one attached hydrogen (secondary N) is 2. The molecule has 6 heteroatoms. The summed E-state index contributed by atoms with van der Waals surface area (Å²) in [6.07, 6.45) is 0.973. The van der Waals surface area contributed by atoms with E-state index < -0.39 is 0 Å². The maximum Gasteiger partial charge on any atom is 0.233 e. The van der Waals surface area contributed by atoms with Crippen LogP contribution in [0.25, 0.3) is 0 Å². The first-order valence-corrected chi connectivity index (χ1v) is 7.84. The number of hydrogen-bond acceptors (Lipinski definition) is 3. The molecular formula is C15H22BrN3O2. The standard InChI is InChI=1S/C15H22BrN3O2/c1-4-13(16)15(21)17-10-9-14(20)18-11-5-7-12(8-6-11)19(2)3/h5-8,13H,4,9-10H2,1-3H3,(H,17,21)(H,18,20)/t13-/m0/s1. The fourth-order valence-electron chi connectivity index (χ4n) is 1.66. The van der Waals surface area contributed by atoms with Crippen LogP contribution in [0.4, 0.5) is 11.4 Å². The monoisotopic (exact) mass is 355 g/mol. The Labute approximate surface area is 134 Å². The van der Waals surface area contributed by atoms with Crippen LogP contribution in [0.5, 0.6) is 0 Å². The van der Waals surface area contributed by atoms with Gasteiger partial charge in [0.2, 0.25) is 11.8 Å². The molecule has 1 aromatic rings. The van der Waals surface area contributed by atoms with Crippen LogP contribution in [0.2, 0.25) is 0 Å². The molecule has 0 saturated carbocycles. The first-order valence-electron chi connectivity index (χ1n) is 6.93. The highest BCUT2D eigenvalue weighted by atomic mass is 79.9. The molecule has 0 unspecified atom stereocenters. The van der Waals surface area contributed by atoms with Crippen molar-refractivity contribution in [1.29, 1.82) is 0 Å². The van der Waals surface area contributed by atoms with Crippen molar-refractivity contribution in [3.05, 3.63) is 24.3 Å². The average Bonchev–Trinajstić information content (AvgIpc) is 2.46. The van der Waals surface area contributed by atoms with Crippen LogP contribution in [-0.4, -0.2) is 37.3 Å². The third kappa shape index (κ3) is 6.16. The minimum absolute atomic E-state index is 0.0827. The first-order chi connectivity index (χ1) is 9.93. The normalized spacial score (nSPS) is 11.6. The van der Waals surface area contributed by atoms with Crippen LogP contribution in [0.15, 0.2) is 24.3 Å². The zero-order valence-corrected chi connectivity index (χ0v) is 14.2. The number of hydrogen-bond donors (Lipinski definition) is 2. The zero-order chi connectivity index (χ0) is 15.8. The van der Waals surface area contributed by atoms with Crippen molar-refractivity contribution >= 4 is 39.1 Å². The van der Waals surface area contributed by atoms with Crippen LogP contribution in [0.3, 0.4) is 0 Å². The molecule has 0 spiro atoms. The maximum absolute atomic E-state index is 11.8. The van der Waals surface area contributed by atoms with Gasteiger partial charge in [0.1, 0.15) is 0 Å². The summed E-state index contributed by atoms with van der Waals surface area (Å²) < 4.78 is 0. The summed E-state index contributed by atoms with van der Waals surface area (Å²) >= 11 is 3.27. The van der Waals surface area contributed by atoms with Crippen molar-refractivity contribution in [2.75, 3.05) is 30.9 Å². The molecule has 0 bridgehead atoms. The highest BCUT2D eigenvalue weighted by molar-refractivity contribution is 9.10. The third-order valence-electron chi connectivity index (χ3n) is 2.96. The molecule has 2 N–H and O–H groups in total. The van der Waals surface area contributed by atoms with E-state index in [2.05, 4.69) is 26.6 Å². The first kappa shape index (κ1) is 17.5. The molecule has 2 amide bonds. The smallest absolute Gasteiger partial charge is 0.233 e. The molecule has 0 fully saturated rings. The van der Waals surface area contributed by atoms with E-state index in [1.807, 2.05) is 50.2 Å². The lowest BCUT2D eigenvalue weighted by molar-refractivity contribution is -0.120. The second kappa shape index (κ2) is 8.67. The molecule has 0 aliphatic rings. The largest absolute Gasteiger partial charge is 0.378 e. The van der Waals surface area contributed by atoms with Gasteiger partial charge in [-0.3, -0.25) is 9.59 Å². The molecule has 1 rings (SSSR count). The summed E-state index contributed by atoms with van der Waals surface area (Å²) in [6, 6.07) is 7.59. The number of anilines is 2. The number of amides is 2. The van der Waals surface area contributed by atoms with Crippen molar-refractivity contribution in [3.8, 4) is 0 Å². The molecule has 0 radical (unpaired) electrons. The summed E-state index contributed by atoms with van der Waals surface area (Å²) in [5.74, 6) is -0.198. The van der Waals surface area contributed by atoms with E-state index in [4.69, 9.17) is 0 Å². The summed E-state index contributed by atoms with van der Waals surface area (Å²) in [6.45, 7) is 2.26. The van der Waals surface area contributed by atoms with E-state index in [0.717, 1.165) is 17.8 Å². The second-order valence-electron chi connectivity index (χ2n) is 4.91. The zero-order valence-electron chi connectivity index (χ0n) is 12.6. The summed E-state index contributed by atoms with van der Waals surface area (Å²) in [4.78, 5) is 25.1. The van der Waals surface area contributed by atoms with Crippen molar-refractivity contribution in [2.45, 2.75) is 24.6 Å². The molecule has 5 nitrogen and oxygen atoms in total. The predicted octanol–water partition coefficient (Wildman–Crippen LogP) is 2.37. The molecule has 1 atom stereocenters. The van der Waals surface area contributed by atoms with E-state index in [1.54, 1.807) is 0 Å². The SMILES string of the molecule is CC[C@H](Br)C(=O)NCCC(=O)Nc1ccc(N(C)C)cc1. The Morgan fingerprint density at radius 1 is 1.24 bits per heavy atom. The summed E-state index contributed by atoms with van der Waals surface area (Å²) in [5, 5.41) is 5.53. The molecule has 0 saturated heterocycles. The summed E-state index contributed by atoms with van der Waals surface area (Å²) in [5.41, 5.74) is 1.83. The van der Waals surface area contributed by atoms with Gasteiger partial charge in [0.05, 0.1) is 4.83 Å². The number of benzene rings is 1. The van der Waals surface area contributed by atoms with Crippen LogP contribution in [0.1, 0.15) is 19.8 Å². The molecule has 116 valence electrons. The van der Waals surface area contributed by atoms with Crippen molar-refractivity contribution < 1.29 is 9.59 Å². The molecule has 1 aromatic carbocycles. The fraction of sp³-hybridized carbons (Fsp3) is 0.467. The van der Waals surface area contributed by atoms with Gasteiger partial charge in [-0.25, -0.2) is 0 Å². The predicted molar refractivity (Wildman–Crippen MR) is 90.0 cm³/mol. The Bertz CT molecular complexity index is 474. The van der Waals surface area contributed by atoms with E-state index in [1.165, 1.54) is 0 Å². The number of rotatable bonds is 7. The summed E-state index contributed by atoms with van der Waals surface area (Å²) in [7, 11) is 3.92. The molecular weight excluding hydrogens is 334 g/mol. The van der Waals surface area contributed by atoms with Gasteiger partial charge in [0, 0.05) is 38.4 Å². The Kier molecular flexibility index (Phi) is 7.22. The lowest BCUT2D eigenvalue weighted by Crippen LogP contribution is -2.33. The van der Waals surface area contributed by atoms with Gasteiger partial charge in [-0.05, 0) is 30.7 Å².